The molecule has 1 saturated heterocycles. The van der Waals surface area contributed by atoms with Crippen molar-refractivity contribution in [1.82, 2.24) is 19.9 Å². The summed E-state index contributed by atoms with van der Waals surface area (Å²) in [5, 5.41) is 0. The summed E-state index contributed by atoms with van der Waals surface area (Å²) in [6, 6.07) is 15.8. The molecule has 5 rings (SSSR count). The van der Waals surface area contributed by atoms with Gasteiger partial charge in [-0.25, -0.2) is 4.98 Å². The highest BCUT2D eigenvalue weighted by Gasteiger charge is 2.31. The Hall–Kier alpha value is -3.19. The van der Waals surface area contributed by atoms with Crippen molar-refractivity contribution in [3.63, 3.8) is 0 Å². The molecule has 0 saturated carbocycles. The van der Waals surface area contributed by atoms with Gasteiger partial charge in [0.15, 0.2) is 0 Å². The highest BCUT2D eigenvalue weighted by molar-refractivity contribution is 5.82. The van der Waals surface area contributed by atoms with Gasteiger partial charge in [-0.2, -0.15) is 13.2 Å². The number of likely N-dealkylation sites (tertiary alicyclic amines) is 1. The van der Waals surface area contributed by atoms with Crippen LogP contribution in [-0.4, -0.2) is 32.9 Å². The first-order valence-electron chi connectivity index (χ1n) is 10.7. The van der Waals surface area contributed by atoms with Crippen LogP contribution in [0.25, 0.3) is 22.2 Å². The molecule has 1 fully saturated rings. The molecule has 1 N–H and O–H groups in total. The van der Waals surface area contributed by atoms with Crippen LogP contribution in [0.5, 0.6) is 0 Å². The largest absolute Gasteiger partial charge is 0.416 e. The molecule has 1 unspecified atom stereocenters. The average molecular weight is 436 g/mol. The molecule has 32 heavy (non-hydrogen) atoms. The Labute approximate surface area is 184 Å². The first kappa shape index (κ1) is 20.7. The Morgan fingerprint density at radius 2 is 1.84 bits per heavy atom. The number of aromatic nitrogens is 3. The first-order chi connectivity index (χ1) is 15.5. The van der Waals surface area contributed by atoms with Gasteiger partial charge in [-0.05, 0) is 66.4 Å². The second kappa shape index (κ2) is 8.39. The van der Waals surface area contributed by atoms with Gasteiger partial charge in [-0.1, -0.05) is 24.3 Å². The summed E-state index contributed by atoms with van der Waals surface area (Å²) >= 11 is 0. The van der Waals surface area contributed by atoms with E-state index < -0.39 is 11.7 Å². The molecule has 0 spiro atoms. The topological polar surface area (TPSA) is 44.8 Å². The zero-order valence-corrected chi connectivity index (χ0v) is 17.4. The minimum atomic E-state index is -4.32. The number of fused-ring (bicyclic) bond motifs is 1. The number of H-pyrrole nitrogens is 1. The predicted octanol–water partition coefficient (Wildman–Crippen LogP) is 6.02. The maximum absolute atomic E-state index is 13.0. The maximum Gasteiger partial charge on any atom is 0.416 e. The van der Waals surface area contributed by atoms with E-state index in [2.05, 4.69) is 27.0 Å². The molecule has 2 aromatic heterocycles. The van der Waals surface area contributed by atoms with Crippen molar-refractivity contribution in [3.05, 3.63) is 83.9 Å². The highest BCUT2D eigenvalue weighted by atomic mass is 19.4. The maximum atomic E-state index is 13.0. The van der Waals surface area contributed by atoms with Crippen molar-refractivity contribution in [3.8, 4) is 11.1 Å². The molecule has 4 aromatic rings. The molecule has 3 heterocycles. The van der Waals surface area contributed by atoms with E-state index >= 15 is 0 Å². The van der Waals surface area contributed by atoms with Crippen molar-refractivity contribution in [2.24, 2.45) is 0 Å². The third-order valence-corrected chi connectivity index (χ3v) is 6.07. The highest BCUT2D eigenvalue weighted by Crippen LogP contribution is 2.32. The van der Waals surface area contributed by atoms with Crippen LogP contribution in [0.3, 0.4) is 0 Å². The smallest absolute Gasteiger partial charge is 0.342 e. The lowest BCUT2D eigenvalue weighted by Gasteiger charge is -2.32. The van der Waals surface area contributed by atoms with Crippen molar-refractivity contribution >= 4 is 11.0 Å². The third kappa shape index (κ3) is 4.39. The molecule has 0 radical (unpaired) electrons. The van der Waals surface area contributed by atoms with Crippen LogP contribution < -0.4 is 0 Å². The van der Waals surface area contributed by atoms with Gasteiger partial charge in [-0.15, -0.1) is 0 Å². The van der Waals surface area contributed by atoms with E-state index in [1.807, 2.05) is 18.2 Å². The fraction of sp³-hybridized carbons (Fsp3) is 0.280. The van der Waals surface area contributed by atoms with Crippen LogP contribution in [0.1, 0.15) is 35.7 Å². The van der Waals surface area contributed by atoms with Gasteiger partial charge in [0.25, 0.3) is 0 Å². The standard InChI is InChI=1S/C25H23F3N4/c26-25(27,28)21-5-1-3-17(13-21)15-32-12-2-4-20(16-32)24-30-22-7-6-19(14-23(22)31-24)18-8-10-29-11-9-18/h1,3,5-11,13-14,20H,2,4,12,15-16H2,(H,30,31). The number of rotatable bonds is 4. The first-order valence-corrected chi connectivity index (χ1v) is 10.7. The number of hydrogen-bond acceptors (Lipinski definition) is 3. The van der Waals surface area contributed by atoms with Gasteiger partial charge in [0, 0.05) is 31.4 Å². The van der Waals surface area contributed by atoms with Crippen molar-refractivity contribution in [2.45, 2.75) is 31.5 Å². The molecular weight excluding hydrogens is 413 g/mol. The Kier molecular flexibility index (Phi) is 5.43. The van der Waals surface area contributed by atoms with Crippen LogP contribution in [0.15, 0.2) is 67.0 Å². The van der Waals surface area contributed by atoms with Crippen LogP contribution in [0.4, 0.5) is 13.2 Å². The van der Waals surface area contributed by atoms with Gasteiger partial charge in [0.2, 0.25) is 0 Å². The lowest BCUT2D eigenvalue weighted by molar-refractivity contribution is -0.137. The van der Waals surface area contributed by atoms with E-state index in [1.165, 1.54) is 12.1 Å². The van der Waals surface area contributed by atoms with E-state index in [9.17, 15) is 13.2 Å². The minimum absolute atomic E-state index is 0.228. The van der Waals surface area contributed by atoms with Crippen LogP contribution in [0.2, 0.25) is 0 Å². The molecule has 0 bridgehead atoms. The van der Waals surface area contributed by atoms with Gasteiger partial charge in [0.1, 0.15) is 5.82 Å². The zero-order chi connectivity index (χ0) is 22.1. The number of alkyl halides is 3. The summed E-state index contributed by atoms with van der Waals surface area (Å²) in [7, 11) is 0. The van der Waals surface area contributed by atoms with Crippen LogP contribution >= 0.6 is 0 Å². The van der Waals surface area contributed by atoms with Gasteiger partial charge in [-0.3, -0.25) is 9.88 Å². The molecule has 1 atom stereocenters. The summed E-state index contributed by atoms with van der Waals surface area (Å²) in [6.45, 7) is 2.15. The van der Waals surface area contributed by atoms with Gasteiger partial charge in [0.05, 0.1) is 16.6 Å². The van der Waals surface area contributed by atoms with E-state index in [0.29, 0.717) is 12.1 Å². The number of aromatic amines is 1. The zero-order valence-electron chi connectivity index (χ0n) is 17.4. The molecule has 1 aliphatic heterocycles. The number of piperidine rings is 1. The van der Waals surface area contributed by atoms with Crippen LogP contribution in [0, 0.1) is 0 Å². The van der Waals surface area contributed by atoms with E-state index in [0.717, 1.165) is 60.0 Å². The average Bonchev–Trinajstić information content (AvgIpc) is 3.23. The second-order valence-corrected chi connectivity index (χ2v) is 8.36. The van der Waals surface area contributed by atoms with Crippen molar-refractivity contribution < 1.29 is 13.2 Å². The van der Waals surface area contributed by atoms with Crippen molar-refractivity contribution in [2.75, 3.05) is 13.1 Å². The van der Waals surface area contributed by atoms with E-state index in [4.69, 9.17) is 4.98 Å². The Balaban J connectivity index is 1.33. The Bertz CT molecular complexity index is 1220. The molecule has 1 aliphatic rings. The molecule has 164 valence electrons. The lowest BCUT2D eigenvalue weighted by atomic mass is 9.96. The monoisotopic (exact) mass is 436 g/mol. The SMILES string of the molecule is FC(F)(F)c1cccc(CN2CCCC(c3nc4ccc(-c5ccncc5)cc4[nH]3)C2)c1. The number of imidazole rings is 1. The molecule has 2 aromatic carbocycles. The number of benzene rings is 2. The number of nitrogens with zero attached hydrogens (tertiary/aromatic N) is 3. The molecule has 0 aliphatic carbocycles. The van der Waals surface area contributed by atoms with Gasteiger partial charge < -0.3 is 4.98 Å². The fourth-order valence-electron chi connectivity index (χ4n) is 4.47. The van der Waals surface area contributed by atoms with Crippen molar-refractivity contribution in [1.29, 1.82) is 0 Å². The Morgan fingerprint density at radius 3 is 2.66 bits per heavy atom. The van der Waals surface area contributed by atoms with E-state index in [-0.39, 0.29) is 5.92 Å². The third-order valence-electron chi connectivity index (χ3n) is 6.07. The normalized spacial score (nSPS) is 17.7. The lowest BCUT2D eigenvalue weighted by Crippen LogP contribution is -2.34. The second-order valence-electron chi connectivity index (χ2n) is 8.36. The summed E-state index contributed by atoms with van der Waals surface area (Å²) in [5.41, 5.74) is 4.21. The number of pyridine rings is 1. The predicted molar refractivity (Wildman–Crippen MR) is 118 cm³/mol. The quantitative estimate of drug-likeness (QED) is 0.425. The molecule has 4 nitrogen and oxygen atoms in total. The summed E-state index contributed by atoms with van der Waals surface area (Å²) < 4.78 is 39.1. The van der Waals surface area contributed by atoms with E-state index in [1.54, 1.807) is 18.5 Å². The molecule has 7 heteroatoms. The fourth-order valence-corrected chi connectivity index (χ4v) is 4.47. The molecule has 0 amide bonds. The summed E-state index contributed by atoms with van der Waals surface area (Å²) in [5.74, 6) is 1.17. The summed E-state index contributed by atoms with van der Waals surface area (Å²) in [6.07, 6.45) is 1.24. The Morgan fingerprint density at radius 1 is 1.00 bits per heavy atom. The number of halogens is 3. The van der Waals surface area contributed by atoms with Crippen LogP contribution in [-0.2, 0) is 12.7 Å². The molecular formula is C25H23F3N4. The summed E-state index contributed by atoms with van der Waals surface area (Å²) in [4.78, 5) is 14.6. The number of hydrogen-bond donors (Lipinski definition) is 1. The van der Waals surface area contributed by atoms with Gasteiger partial charge >= 0.3 is 6.18 Å². The minimum Gasteiger partial charge on any atom is -0.342 e. The number of nitrogens with one attached hydrogen (secondary N) is 1.